The van der Waals surface area contributed by atoms with Crippen molar-refractivity contribution in [3.8, 4) is 0 Å². The normalized spacial score (nSPS) is 18.7. The molecule has 0 aliphatic carbocycles. The van der Waals surface area contributed by atoms with Gasteiger partial charge in [0.1, 0.15) is 0 Å². The molecule has 140 valence electrons. The average molecular weight is 375 g/mol. The molecule has 1 aliphatic heterocycles. The van der Waals surface area contributed by atoms with E-state index in [4.69, 9.17) is 5.73 Å². The largest absolute Gasteiger partial charge is 0.354 e. The number of sulfonamides is 1. The first kappa shape index (κ1) is 18.8. The lowest BCUT2D eigenvalue weighted by molar-refractivity contribution is -0.121. The number of benzene rings is 2. The van der Waals surface area contributed by atoms with Crippen molar-refractivity contribution in [2.75, 3.05) is 19.6 Å². The van der Waals surface area contributed by atoms with Crippen molar-refractivity contribution in [3.63, 3.8) is 0 Å². The predicted octanol–water partition coefficient (Wildman–Crippen LogP) is 1.85. The summed E-state index contributed by atoms with van der Waals surface area (Å²) in [5.74, 6) is -0.138. The molecule has 1 fully saturated rings. The van der Waals surface area contributed by atoms with Crippen molar-refractivity contribution >= 4 is 26.7 Å². The Hall–Kier alpha value is -1.96. The van der Waals surface area contributed by atoms with Gasteiger partial charge in [-0.3, -0.25) is 4.79 Å². The van der Waals surface area contributed by atoms with E-state index >= 15 is 0 Å². The first-order valence-corrected chi connectivity index (χ1v) is 10.4. The highest BCUT2D eigenvalue weighted by atomic mass is 32.2. The monoisotopic (exact) mass is 375 g/mol. The smallest absolute Gasteiger partial charge is 0.243 e. The van der Waals surface area contributed by atoms with Gasteiger partial charge in [-0.15, -0.1) is 0 Å². The topological polar surface area (TPSA) is 92.5 Å². The number of nitrogens with two attached hydrogens (primary N) is 1. The molecule has 7 heteroatoms. The number of carbonyl (C=O) groups is 1. The van der Waals surface area contributed by atoms with Gasteiger partial charge in [0.2, 0.25) is 15.9 Å². The second-order valence-electron chi connectivity index (χ2n) is 6.62. The highest BCUT2D eigenvalue weighted by molar-refractivity contribution is 7.89. The van der Waals surface area contributed by atoms with Gasteiger partial charge in [-0.2, -0.15) is 4.31 Å². The lowest BCUT2D eigenvalue weighted by Gasteiger charge is -2.34. The van der Waals surface area contributed by atoms with Crippen LogP contribution < -0.4 is 11.1 Å². The number of carbonyl (C=O) groups excluding carboxylic acids is 1. The van der Waals surface area contributed by atoms with E-state index in [1.54, 1.807) is 16.4 Å². The predicted molar refractivity (Wildman–Crippen MR) is 102 cm³/mol. The minimum absolute atomic E-state index is 0.138. The Morgan fingerprint density at radius 2 is 1.92 bits per heavy atom. The highest BCUT2D eigenvalue weighted by Gasteiger charge is 2.33. The standard InChI is InChI=1S/C19H25N3O3S/c20-11-10-19(23)21-14-17-7-3-4-12-22(17)26(24,25)18-9-8-15-5-1-2-6-16(15)13-18/h1-2,5-6,8-9,13,17H,3-4,7,10-12,14,20H2,(H,21,23). The van der Waals surface area contributed by atoms with Crippen LogP contribution in [0.5, 0.6) is 0 Å². The van der Waals surface area contributed by atoms with Crippen LogP contribution in [0, 0.1) is 0 Å². The Bertz CT molecular complexity index is 882. The maximum atomic E-state index is 13.2. The number of amides is 1. The van der Waals surface area contributed by atoms with Crippen LogP contribution in [0.15, 0.2) is 47.4 Å². The zero-order chi connectivity index (χ0) is 18.6. The number of hydrogen-bond donors (Lipinski definition) is 2. The summed E-state index contributed by atoms with van der Waals surface area (Å²) >= 11 is 0. The Balaban J connectivity index is 1.83. The second-order valence-corrected chi connectivity index (χ2v) is 8.51. The molecule has 1 aliphatic rings. The molecule has 2 aromatic rings. The van der Waals surface area contributed by atoms with Crippen LogP contribution in [0.3, 0.4) is 0 Å². The van der Waals surface area contributed by atoms with E-state index in [-0.39, 0.29) is 24.9 Å². The van der Waals surface area contributed by atoms with Gasteiger partial charge in [-0.25, -0.2) is 8.42 Å². The molecule has 1 amide bonds. The molecule has 3 N–H and O–H groups in total. The molecule has 0 radical (unpaired) electrons. The Morgan fingerprint density at radius 1 is 1.15 bits per heavy atom. The Kier molecular flexibility index (Phi) is 5.90. The summed E-state index contributed by atoms with van der Waals surface area (Å²) in [6.07, 6.45) is 2.79. The minimum Gasteiger partial charge on any atom is -0.354 e. The fourth-order valence-corrected chi connectivity index (χ4v) is 5.14. The van der Waals surface area contributed by atoms with Crippen molar-refractivity contribution in [1.82, 2.24) is 9.62 Å². The highest BCUT2D eigenvalue weighted by Crippen LogP contribution is 2.27. The van der Waals surface area contributed by atoms with Gasteiger partial charge >= 0.3 is 0 Å². The van der Waals surface area contributed by atoms with Crippen LogP contribution in [0.2, 0.25) is 0 Å². The summed E-state index contributed by atoms with van der Waals surface area (Å²) in [5, 5.41) is 4.72. The number of piperidine rings is 1. The Labute approximate surface area is 154 Å². The molecule has 3 rings (SSSR count). The van der Waals surface area contributed by atoms with E-state index < -0.39 is 10.0 Å². The van der Waals surface area contributed by atoms with E-state index in [0.717, 1.165) is 30.0 Å². The van der Waals surface area contributed by atoms with Crippen LogP contribution in [0.4, 0.5) is 0 Å². The molecular formula is C19H25N3O3S. The molecule has 0 spiro atoms. The fraction of sp³-hybridized carbons (Fsp3) is 0.421. The molecule has 1 saturated heterocycles. The first-order chi connectivity index (χ1) is 12.5. The van der Waals surface area contributed by atoms with Gasteiger partial charge in [0, 0.05) is 32.1 Å². The summed E-state index contributed by atoms with van der Waals surface area (Å²) in [4.78, 5) is 12.0. The van der Waals surface area contributed by atoms with Crippen LogP contribution in [0.25, 0.3) is 10.8 Å². The average Bonchev–Trinajstić information content (AvgIpc) is 2.66. The number of nitrogens with one attached hydrogen (secondary N) is 1. The Morgan fingerprint density at radius 3 is 2.69 bits per heavy atom. The lowest BCUT2D eigenvalue weighted by Crippen LogP contribution is -2.49. The zero-order valence-corrected chi connectivity index (χ0v) is 15.5. The molecule has 1 heterocycles. The zero-order valence-electron chi connectivity index (χ0n) is 14.7. The quantitative estimate of drug-likeness (QED) is 0.806. The van der Waals surface area contributed by atoms with E-state index in [9.17, 15) is 13.2 Å². The van der Waals surface area contributed by atoms with Crippen molar-refractivity contribution in [2.24, 2.45) is 5.73 Å². The number of nitrogens with zero attached hydrogens (tertiary/aromatic N) is 1. The number of fused-ring (bicyclic) bond motifs is 1. The van der Waals surface area contributed by atoms with E-state index in [2.05, 4.69) is 5.32 Å². The van der Waals surface area contributed by atoms with Gasteiger partial charge in [-0.05, 0) is 35.7 Å². The van der Waals surface area contributed by atoms with Gasteiger partial charge in [0.25, 0.3) is 0 Å². The number of rotatable bonds is 6. The summed E-state index contributed by atoms with van der Waals surface area (Å²) in [6.45, 7) is 1.09. The molecular weight excluding hydrogens is 350 g/mol. The van der Waals surface area contributed by atoms with Crippen LogP contribution >= 0.6 is 0 Å². The fourth-order valence-electron chi connectivity index (χ4n) is 3.41. The first-order valence-electron chi connectivity index (χ1n) is 9.00. The van der Waals surface area contributed by atoms with Gasteiger partial charge in [0.15, 0.2) is 0 Å². The third-order valence-corrected chi connectivity index (χ3v) is 6.75. The van der Waals surface area contributed by atoms with E-state index in [1.165, 1.54) is 0 Å². The maximum Gasteiger partial charge on any atom is 0.243 e. The van der Waals surface area contributed by atoms with Crippen molar-refractivity contribution < 1.29 is 13.2 Å². The molecule has 1 unspecified atom stereocenters. The maximum absolute atomic E-state index is 13.2. The summed E-state index contributed by atoms with van der Waals surface area (Å²) in [5.41, 5.74) is 5.39. The van der Waals surface area contributed by atoms with Gasteiger partial charge in [0.05, 0.1) is 4.90 Å². The molecule has 1 atom stereocenters. The van der Waals surface area contributed by atoms with Crippen LogP contribution in [0.1, 0.15) is 25.7 Å². The van der Waals surface area contributed by atoms with Crippen LogP contribution in [-0.4, -0.2) is 44.3 Å². The van der Waals surface area contributed by atoms with Crippen molar-refractivity contribution in [2.45, 2.75) is 36.6 Å². The molecule has 0 aromatic heterocycles. The summed E-state index contributed by atoms with van der Waals surface area (Å²) < 4.78 is 28.0. The van der Waals surface area contributed by atoms with Gasteiger partial charge < -0.3 is 11.1 Å². The van der Waals surface area contributed by atoms with Crippen LogP contribution in [-0.2, 0) is 14.8 Å². The molecule has 6 nitrogen and oxygen atoms in total. The van der Waals surface area contributed by atoms with Crippen molar-refractivity contribution in [3.05, 3.63) is 42.5 Å². The van der Waals surface area contributed by atoms with E-state index in [0.29, 0.717) is 18.0 Å². The summed E-state index contributed by atoms with van der Waals surface area (Å²) in [6, 6.07) is 12.7. The summed E-state index contributed by atoms with van der Waals surface area (Å²) in [7, 11) is -3.61. The molecule has 26 heavy (non-hydrogen) atoms. The molecule has 0 saturated carbocycles. The number of hydrogen-bond acceptors (Lipinski definition) is 4. The van der Waals surface area contributed by atoms with Crippen molar-refractivity contribution in [1.29, 1.82) is 0 Å². The second kappa shape index (κ2) is 8.16. The van der Waals surface area contributed by atoms with Gasteiger partial charge in [-0.1, -0.05) is 36.8 Å². The SMILES string of the molecule is NCCC(=O)NCC1CCCCN1S(=O)(=O)c1ccc2ccccc2c1. The molecule has 2 aromatic carbocycles. The lowest BCUT2D eigenvalue weighted by atomic mass is 10.1. The minimum atomic E-state index is -3.61. The van der Waals surface area contributed by atoms with E-state index in [1.807, 2.05) is 30.3 Å². The third-order valence-electron chi connectivity index (χ3n) is 4.81. The third kappa shape index (κ3) is 4.06. The molecule has 0 bridgehead atoms.